The van der Waals surface area contributed by atoms with Crippen LogP contribution in [-0.4, -0.2) is 37.7 Å². The molecular formula is C23H40BrNO2. The Kier molecular flexibility index (Phi) is 15.6. The predicted octanol–water partition coefficient (Wildman–Crippen LogP) is 2.73. The molecule has 3 nitrogen and oxygen atoms in total. The van der Waals surface area contributed by atoms with Crippen molar-refractivity contribution in [3.8, 4) is 0 Å². The summed E-state index contributed by atoms with van der Waals surface area (Å²) in [5, 5.41) is 0. The maximum Gasteiger partial charge on any atom is 0.361 e. The van der Waals surface area contributed by atoms with Gasteiger partial charge in [-0.25, -0.2) is 4.79 Å². The van der Waals surface area contributed by atoms with Crippen molar-refractivity contribution in [2.75, 3.05) is 27.2 Å². The smallest absolute Gasteiger partial charge is 0.361 e. The number of rotatable bonds is 15. The third-order valence-electron chi connectivity index (χ3n) is 4.77. The van der Waals surface area contributed by atoms with E-state index in [0.29, 0.717) is 17.6 Å². The number of quaternary nitrogens is 1. The molecule has 0 aliphatic heterocycles. The molecule has 0 fully saturated rings. The Hall–Kier alpha value is -0.870. The minimum Gasteiger partial charge on any atom is -1.00 e. The van der Waals surface area contributed by atoms with Gasteiger partial charge in [-0.15, -0.1) is 0 Å². The summed E-state index contributed by atoms with van der Waals surface area (Å²) < 4.78 is 6.06. The minimum atomic E-state index is -0.0816. The van der Waals surface area contributed by atoms with Crippen LogP contribution in [0.25, 0.3) is 0 Å². The van der Waals surface area contributed by atoms with E-state index in [4.69, 9.17) is 4.74 Å². The van der Waals surface area contributed by atoms with Crippen LogP contribution < -0.4 is 17.0 Å². The molecule has 1 rings (SSSR count). The van der Waals surface area contributed by atoms with Crippen molar-refractivity contribution in [2.45, 2.75) is 77.7 Å². The fraction of sp³-hybridized carbons (Fsp3) is 0.696. The molecule has 0 bridgehead atoms. The summed E-state index contributed by atoms with van der Waals surface area (Å²) in [7, 11) is 4.16. The Morgan fingerprint density at radius 3 is 1.93 bits per heavy atom. The maximum atomic E-state index is 12.1. The van der Waals surface area contributed by atoms with E-state index in [2.05, 4.69) is 33.2 Å². The molecule has 0 aliphatic rings. The average Bonchev–Trinajstić information content (AvgIpc) is 2.59. The third-order valence-corrected chi connectivity index (χ3v) is 4.77. The Morgan fingerprint density at radius 1 is 0.852 bits per heavy atom. The second-order valence-corrected chi connectivity index (χ2v) is 8.14. The first kappa shape index (κ1) is 26.1. The first-order valence-electron chi connectivity index (χ1n) is 10.5. The van der Waals surface area contributed by atoms with E-state index in [1.807, 2.05) is 18.2 Å². The van der Waals surface area contributed by atoms with Gasteiger partial charge in [-0.2, -0.15) is 0 Å². The van der Waals surface area contributed by atoms with Gasteiger partial charge in [0.05, 0.1) is 20.7 Å². The van der Waals surface area contributed by atoms with Crippen LogP contribution in [0.2, 0.25) is 0 Å². The standard InChI is InChI=1S/C23H40NO2.BrH/c1-4-5-6-7-8-9-10-11-12-16-19-26-23(25)21-24(2,3)20-22-17-14-13-15-18-22;/h13-15,17-18H,4-12,16,19-21H2,1-3H3;1H/q+1;/p-1. The molecule has 0 radical (unpaired) electrons. The molecule has 0 spiro atoms. The number of likely N-dealkylation sites (N-methyl/N-ethyl adjacent to an activating group) is 1. The minimum absolute atomic E-state index is 0. The number of benzene rings is 1. The van der Waals surface area contributed by atoms with Crippen molar-refractivity contribution in [3.63, 3.8) is 0 Å². The molecule has 0 N–H and O–H groups in total. The monoisotopic (exact) mass is 441 g/mol. The molecule has 0 heterocycles. The van der Waals surface area contributed by atoms with Crippen molar-refractivity contribution in [3.05, 3.63) is 35.9 Å². The lowest BCUT2D eigenvalue weighted by Crippen LogP contribution is -3.00. The predicted molar refractivity (Wildman–Crippen MR) is 110 cm³/mol. The van der Waals surface area contributed by atoms with Gasteiger partial charge in [-0.05, 0) is 6.42 Å². The lowest BCUT2D eigenvalue weighted by molar-refractivity contribution is -0.896. The van der Waals surface area contributed by atoms with Gasteiger partial charge < -0.3 is 26.2 Å². The Bertz CT molecular complexity index is 477. The Balaban J connectivity index is 0.00000676. The van der Waals surface area contributed by atoms with Gasteiger partial charge in [0.25, 0.3) is 0 Å². The van der Waals surface area contributed by atoms with E-state index >= 15 is 0 Å². The van der Waals surface area contributed by atoms with Crippen LogP contribution in [0.3, 0.4) is 0 Å². The van der Waals surface area contributed by atoms with Gasteiger partial charge in [0.2, 0.25) is 0 Å². The van der Waals surface area contributed by atoms with E-state index < -0.39 is 0 Å². The molecule has 1 aromatic carbocycles. The third kappa shape index (κ3) is 14.8. The van der Waals surface area contributed by atoms with Crippen molar-refractivity contribution >= 4 is 5.97 Å². The lowest BCUT2D eigenvalue weighted by atomic mass is 10.1. The SMILES string of the molecule is CCCCCCCCCCCCOC(=O)C[N+](C)(C)Cc1ccccc1.[Br-]. The second kappa shape index (κ2) is 16.1. The molecule has 4 heteroatoms. The summed E-state index contributed by atoms with van der Waals surface area (Å²) >= 11 is 0. The van der Waals surface area contributed by atoms with Gasteiger partial charge in [-0.3, -0.25) is 0 Å². The topological polar surface area (TPSA) is 26.3 Å². The number of unbranched alkanes of at least 4 members (excludes halogenated alkanes) is 9. The second-order valence-electron chi connectivity index (χ2n) is 8.14. The van der Waals surface area contributed by atoms with Gasteiger partial charge in [-0.1, -0.05) is 95.0 Å². The molecule has 1 aromatic rings. The van der Waals surface area contributed by atoms with Crippen molar-refractivity contribution in [2.24, 2.45) is 0 Å². The number of hydrogen-bond donors (Lipinski definition) is 0. The van der Waals surface area contributed by atoms with Crippen LogP contribution in [0.1, 0.15) is 76.7 Å². The fourth-order valence-electron chi connectivity index (χ4n) is 3.30. The molecular weight excluding hydrogens is 402 g/mol. The lowest BCUT2D eigenvalue weighted by Gasteiger charge is -2.28. The molecule has 156 valence electrons. The quantitative estimate of drug-likeness (QED) is 0.237. The summed E-state index contributed by atoms with van der Waals surface area (Å²) in [5.41, 5.74) is 1.25. The fourth-order valence-corrected chi connectivity index (χ4v) is 3.30. The molecule has 0 saturated heterocycles. The molecule has 27 heavy (non-hydrogen) atoms. The van der Waals surface area contributed by atoms with Gasteiger partial charge in [0.1, 0.15) is 6.54 Å². The summed E-state index contributed by atoms with van der Waals surface area (Å²) in [6, 6.07) is 10.3. The number of nitrogens with zero attached hydrogens (tertiary/aromatic N) is 1. The van der Waals surface area contributed by atoms with Crippen molar-refractivity contribution < 1.29 is 31.0 Å². The number of hydrogen-bond acceptors (Lipinski definition) is 2. The zero-order valence-corrected chi connectivity index (χ0v) is 19.3. The number of carbonyl (C=O) groups excluding carboxylic acids is 1. The van der Waals surface area contributed by atoms with Gasteiger partial charge in [0, 0.05) is 5.56 Å². The zero-order chi connectivity index (χ0) is 19.1. The summed E-state index contributed by atoms with van der Waals surface area (Å²) in [5.74, 6) is -0.0816. The van der Waals surface area contributed by atoms with Crippen LogP contribution in [0.4, 0.5) is 0 Å². The number of carbonyl (C=O) groups is 1. The van der Waals surface area contributed by atoms with Crippen molar-refractivity contribution in [1.29, 1.82) is 0 Å². The number of halogens is 1. The van der Waals surface area contributed by atoms with Gasteiger partial charge in [0.15, 0.2) is 6.54 Å². The van der Waals surface area contributed by atoms with E-state index in [-0.39, 0.29) is 23.0 Å². The van der Waals surface area contributed by atoms with E-state index in [1.54, 1.807) is 0 Å². The van der Waals surface area contributed by atoms with Crippen LogP contribution in [0.5, 0.6) is 0 Å². The highest BCUT2D eigenvalue weighted by atomic mass is 79.9. The van der Waals surface area contributed by atoms with Crippen molar-refractivity contribution in [1.82, 2.24) is 0 Å². The van der Waals surface area contributed by atoms with E-state index in [1.165, 1.54) is 63.4 Å². The highest BCUT2D eigenvalue weighted by Gasteiger charge is 2.21. The number of esters is 1. The summed E-state index contributed by atoms with van der Waals surface area (Å²) in [4.78, 5) is 12.1. The summed E-state index contributed by atoms with van der Waals surface area (Å²) in [6.45, 7) is 4.09. The Labute approximate surface area is 177 Å². The first-order chi connectivity index (χ1) is 12.5. The number of ether oxygens (including phenoxy) is 1. The highest BCUT2D eigenvalue weighted by Crippen LogP contribution is 2.11. The van der Waals surface area contributed by atoms with Crippen LogP contribution in [0.15, 0.2) is 30.3 Å². The normalized spacial score (nSPS) is 11.1. The zero-order valence-electron chi connectivity index (χ0n) is 17.7. The molecule has 0 aromatic heterocycles. The molecule has 0 atom stereocenters. The molecule has 0 saturated carbocycles. The average molecular weight is 442 g/mol. The summed E-state index contributed by atoms with van der Waals surface area (Å²) in [6.07, 6.45) is 13.0. The molecule has 0 unspecified atom stereocenters. The molecule has 0 aliphatic carbocycles. The van der Waals surface area contributed by atoms with Crippen LogP contribution in [0, 0.1) is 0 Å². The largest absolute Gasteiger partial charge is 1.00 e. The van der Waals surface area contributed by atoms with Crippen LogP contribution in [-0.2, 0) is 16.1 Å². The maximum absolute atomic E-state index is 12.1. The van der Waals surface area contributed by atoms with E-state index in [9.17, 15) is 4.79 Å². The van der Waals surface area contributed by atoms with Crippen LogP contribution >= 0.6 is 0 Å². The Morgan fingerprint density at radius 2 is 1.37 bits per heavy atom. The van der Waals surface area contributed by atoms with Gasteiger partial charge >= 0.3 is 5.97 Å². The highest BCUT2D eigenvalue weighted by molar-refractivity contribution is 5.70. The van der Waals surface area contributed by atoms with E-state index in [0.717, 1.165) is 13.0 Å². The molecule has 0 amide bonds. The first-order valence-corrected chi connectivity index (χ1v) is 10.5.